The molecule has 4 rings (SSSR count). The average Bonchev–Trinajstić information content (AvgIpc) is 2.90. The van der Waals surface area contributed by atoms with Gasteiger partial charge in [0.2, 0.25) is 0 Å². The first-order chi connectivity index (χ1) is 18.3. The zero-order chi connectivity index (χ0) is 27.2. The number of esters is 2. The van der Waals surface area contributed by atoms with Crippen molar-refractivity contribution < 1.29 is 28.6 Å². The molecule has 7 nitrogen and oxygen atoms in total. The van der Waals surface area contributed by atoms with Crippen LogP contribution >= 0.6 is 11.8 Å². The van der Waals surface area contributed by atoms with Crippen molar-refractivity contribution in [2.75, 3.05) is 25.2 Å². The number of rotatable bonds is 9. The summed E-state index contributed by atoms with van der Waals surface area (Å²) < 4.78 is 16.4. The fourth-order valence-corrected chi connectivity index (χ4v) is 5.67. The van der Waals surface area contributed by atoms with Gasteiger partial charge < -0.3 is 19.5 Å². The summed E-state index contributed by atoms with van der Waals surface area (Å²) in [5.41, 5.74) is 4.22. The van der Waals surface area contributed by atoms with Crippen LogP contribution in [0, 0.1) is 0 Å². The summed E-state index contributed by atoms with van der Waals surface area (Å²) in [4.78, 5) is 38.6. The summed E-state index contributed by atoms with van der Waals surface area (Å²) in [6, 6.07) is 14.7. The van der Waals surface area contributed by atoms with Crippen molar-refractivity contribution in [1.82, 2.24) is 5.32 Å². The number of carbonyl (C=O) groups is 3. The van der Waals surface area contributed by atoms with Gasteiger partial charge in [-0.25, -0.2) is 4.79 Å². The van der Waals surface area contributed by atoms with Crippen LogP contribution in [0.4, 0.5) is 0 Å². The van der Waals surface area contributed by atoms with Gasteiger partial charge in [-0.2, -0.15) is 11.8 Å². The molecule has 0 saturated heterocycles. The average molecular weight is 536 g/mol. The number of ether oxygens (including phenoxy) is 3. The molecule has 0 bridgehead atoms. The minimum absolute atomic E-state index is 0.0249. The number of allylic oxidation sites excluding steroid dienone is 3. The van der Waals surface area contributed by atoms with Crippen molar-refractivity contribution in [2.24, 2.45) is 0 Å². The largest absolute Gasteiger partial charge is 0.496 e. The van der Waals surface area contributed by atoms with Gasteiger partial charge in [-0.15, -0.1) is 0 Å². The van der Waals surface area contributed by atoms with Crippen molar-refractivity contribution in [3.8, 4) is 11.5 Å². The summed E-state index contributed by atoms with van der Waals surface area (Å²) in [6.45, 7) is 5.54. The minimum Gasteiger partial charge on any atom is -0.496 e. The number of Topliss-reactive ketones (excluding diaryl/α,β-unsaturated/α-hetero) is 1. The number of nitrogens with one attached hydrogen (secondary N) is 1. The third kappa shape index (κ3) is 5.96. The minimum atomic E-state index is -0.588. The van der Waals surface area contributed by atoms with E-state index in [1.165, 1.54) is 6.92 Å². The highest BCUT2D eigenvalue weighted by atomic mass is 32.2. The topological polar surface area (TPSA) is 90.9 Å². The smallest absolute Gasteiger partial charge is 0.336 e. The number of hydrogen-bond acceptors (Lipinski definition) is 8. The van der Waals surface area contributed by atoms with Gasteiger partial charge in [-0.05, 0) is 48.4 Å². The molecule has 1 aliphatic heterocycles. The molecule has 2 unspecified atom stereocenters. The molecule has 200 valence electrons. The Morgan fingerprint density at radius 3 is 2.50 bits per heavy atom. The summed E-state index contributed by atoms with van der Waals surface area (Å²) in [6.07, 6.45) is 0.910. The number of carbonyl (C=O) groups excluding carboxylic acids is 3. The van der Waals surface area contributed by atoms with Gasteiger partial charge in [-0.3, -0.25) is 9.59 Å². The highest BCUT2D eigenvalue weighted by Crippen LogP contribution is 2.47. The fourth-order valence-electron chi connectivity index (χ4n) is 5.18. The molecule has 1 N–H and O–H groups in total. The highest BCUT2D eigenvalue weighted by molar-refractivity contribution is 7.99. The van der Waals surface area contributed by atoms with Crippen LogP contribution in [0.15, 0.2) is 71.1 Å². The van der Waals surface area contributed by atoms with Gasteiger partial charge >= 0.3 is 11.9 Å². The van der Waals surface area contributed by atoms with E-state index < -0.39 is 17.9 Å². The third-order valence-corrected chi connectivity index (χ3v) is 7.63. The molecular weight excluding hydrogens is 502 g/mol. The second-order valence-electron chi connectivity index (χ2n) is 9.25. The third-order valence-electron chi connectivity index (χ3n) is 6.77. The Balaban J connectivity index is 1.72. The summed E-state index contributed by atoms with van der Waals surface area (Å²) >= 11 is 1.70. The molecule has 0 fully saturated rings. The zero-order valence-electron chi connectivity index (χ0n) is 22.2. The van der Waals surface area contributed by atoms with E-state index in [0.717, 1.165) is 28.3 Å². The lowest BCUT2D eigenvalue weighted by atomic mass is 9.71. The summed E-state index contributed by atoms with van der Waals surface area (Å²) in [5.74, 6) is 1.28. The Morgan fingerprint density at radius 1 is 1.08 bits per heavy atom. The first-order valence-corrected chi connectivity index (χ1v) is 13.9. The van der Waals surface area contributed by atoms with Gasteiger partial charge in [0.25, 0.3) is 0 Å². The number of hydrogen-bond donors (Lipinski definition) is 1. The molecule has 2 atom stereocenters. The molecule has 2 aliphatic rings. The SMILES string of the molecule is CCSCCOC(=O)C1=C(C)NC2=C(C(=O)CC(c3ccccc3OC)C2)C1c1ccc(OC(C)=O)cc1. The Labute approximate surface area is 227 Å². The van der Waals surface area contributed by atoms with Gasteiger partial charge in [0, 0.05) is 47.9 Å². The molecular formula is C30H33NO6S. The Hall–Kier alpha value is -3.52. The lowest BCUT2D eigenvalue weighted by Gasteiger charge is -2.37. The first-order valence-electron chi connectivity index (χ1n) is 12.7. The van der Waals surface area contributed by atoms with Gasteiger partial charge in [0.15, 0.2) is 5.78 Å². The van der Waals surface area contributed by atoms with Gasteiger partial charge in [0.1, 0.15) is 18.1 Å². The van der Waals surface area contributed by atoms with E-state index in [1.807, 2.05) is 31.2 Å². The maximum Gasteiger partial charge on any atom is 0.336 e. The van der Waals surface area contributed by atoms with Crippen molar-refractivity contribution >= 4 is 29.5 Å². The van der Waals surface area contributed by atoms with Crippen LogP contribution in [-0.2, 0) is 19.1 Å². The van der Waals surface area contributed by atoms with Crippen LogP contribution < -0.4 is 14.8 Å². The lowest BCUT2D eigenvalue weighted by molar-refractivity contribution is -0.138. The number of dihydropyridines is 1. The van der Waals surface area contributed by atoms with E-state index in [9.17, 15) is 14.4 Å². The zero-order valence-corrected chi connectivity index (χ0v) is 23.0. The van der Waals surface area contributed by atoms with Crippen LogP contribution in [-0.4, -0.2) is 42.9 Å². The molecule has 0 spiro atoms. The molecule has 0 radical (unpaired) electrons. The second-order valence-corrected chi connectivity index (χ2v) is 10.6. The molecule has 0 aromatic heterocycles. The number of thioether (sulfide) groups is 1. The Kier molecular flexibility index (Phi) is 8.94. The molecule has 2 aromatic rings. The highest BCUT2D eigenvalue weighted by Gasteiger charge is 2.41. The first kappa shape index (κ1) is 27.5. The molecule has 0 amide bonds. The number of benzene rings is 2. The molecule has 1 heterocycles. The molecule has 38 heavy (non-hydrogen) atoms. The molecule has 0 saturated carbocycles. The number of ketones is 1. The van der Waals surface area contributed by atoms with Gasteiger partial charge in [0.05, 0.1) is 12.7 Å². The van der Waals surface area contributed by atoms with Crippen molar-refractivity contribution in [1.29, 1.82) is 0 Å². The molecule has 1 aliphatic carbocycles. The summed E-state index contributed by atoms with van der Waals surface area (Å²) in [5, 5.41) is 3.38. The summed E-state index contributed by atoms with van der Waals surface area (Å²) in [7, 11) is 1.63. The van der Waals surface area contributed by atoms with Crippen molar-refractivity contribution in [3.05, 3.63) is 82.2 Å². The van der Waals surface area contributed by atoms with Crippen molar-refractivity contribution in [3.63, 3.8) is 0 Å². The van der Waals surface area contributed by atoms with E-state index in [1.54, 1.807) is 43.1 Å². The van der Waals surface area contributed by atoms with Crippen LogP contribution in [0.3, 0.4) is 0 Å². The van der Waals surface area contributed by atoms with Crippen molar-refractivity contribution in [2.45, 2.75) is 45.4 Å². The lowest BCUT2D eigenvalue weighted by Crippen LogP contribution is -2.36. The van der Waals surface area contributed by atoms with Gasteiger partial charge in [-0.1, -0.05) is 37.3 Å². The second kappa shape index (κ2) is 12.3. The number of methoxy groups -OCH3 is 1. The standard InChI is InChI=1S/C30H33NO6S/c1-5-38-15-14-36-30(34)27-18(2)31-24-16-21(23-8-6-7-9-26(23)35-4)17-25(33)29(24)28(27)20-10-12-22(13-11-20)37-19(3)32/h6-13,21,28,31H,5,14-17H2,1-4H3. The maximum atomic E-state index is 13.8. The van der Waals surface area contributed by atoms with E-state index in [-0.39, 0.29) is 11.7 Å². The monoisotopic (exact) mass is 535 g/mol. The predicted molar refractivity (Wildman–Crippen MR) is 147 cm³/mol. The van der Waals surface area contributed by atoms with Crippen LogP contribution in [0.5, 0.6) is 11.5 Å². The van der Waals surface area contributed by atoms with Crippen LogP contribution in [0.25, 0.3) is 0 Å². The predicted octanol–water partition coefficient (Wildman–Crippen LogP) is 5.28. The van der Waals surface area contributed by atoms with E-state index in [2.05, 4.69) is 12.2 Å². The molecule has 2 aromatic carbocycles. The van der Waals surface area contributed by atoms with E-state index >= 15 is 0 Å². The van der Waals surface area contributed by atoms with Crippen LogP contribution in [0.1, 0.15) is 56.6 Å². The van der Waals surface area contributed by atoms with E-state index in [0.29, 0.717) is 47.8 Å². The Bertz CT molecular complexity index is 1280. The fraction of sp³-hybridized carbons (Fsp3) is 0.367. The molecule has 8 heteroatoms. The van der Waals surface area contributed by atoms with E-state index in [4.69, 9.17) is 14.2 Å². The van der Waals surface area contributed by atoms with Crippen LogP contribution in [0.2, 0.25) is 0 Å². The number of para-hydroxylation sites is 1. The normalized spacial score (nSPS) is 19.0. The quantitative estimate of drug-likeness (QED) is 0.264. The maximum absolute atomic E-state index is 13.8. The Morgan fingerprint density at radius 2 is 1.82 bits per heavy atom.